The van der Waals surface area contributed by atoms with E-state index in [1.165, 1.54) is 11.1 Å². The molecule has 0 fully saturated rings. The maximum atomic E-state index is 6.03. The molecule has 18 heavy (non-hydrogen) atoms. The number of hydrogen-bond acceptors (Lipinski definition) is 4. The second-order valence-electron chi connectivity index (χ2n) is 4.67. The highest BCUT2D eigenvalue weighted by atomic mass is 32.2. The van der Waals surface area contributed by atoms with Gasteiger partial charge in [0.05, 0.1) is 5.69 Å². The highest BCUT2D eigenvalue weighted by Gasteiger charge is 2.19. The Hall–Kier alpha value is -1.55. The van der Waals surface area contributed by atoms with E-state index in [1.54, 1.807) is 0 Å². The van der Waals surface area contributed by atoms with Crippen molar-refractivity contribution in [2.24, 2.45) is 0 Å². The molecule has 1 aromatic heterocycles. The molecule has 2 aromatic rings. The second kappa shape index (κ2) is 4.28. The summed E-state index contributed by atoms with van der Waals surface area (Å²) in [6.45, 7) is 4.18. The molecule has 0 radical (unpaired) electrons. The lowest BCUT2D eigenvalue weighted by atomic mass is 10.0. The van der Waals surface area contributed by atoms with Crippen molar-refractivity contribution in [1.82, 2.24) is 9.97 Å². The first-order chi connectivity index (χ1) is 8.65. The van der Waals surface area contributed by atoms with Gasteiger partial charge in [-0.1, -0.05) is 23.8 Å². The summed E-state index contributed by atoms with van der Waals surface area (Å²) in [6, 6.07) is 6.31. The van der Waals surface area contributed by atoms with E-state index in [9.17, 15) is 0 Å². The van der Waals surface area contributed by atoms with E-state index < -0.39 is 0 Å². The summed E-state index contributed by atoms with van der Waals surface area (Å²) in [5, 5.41) is 0. The van der Waals surface area contributed by atoms with E-state index >= 15 is 0 Å². The van der Waals surface area contributed by atoms with Gasteiger partial charge in [-0.15, -0.1) is 0 Å². The van der Waals surface area contributed by atoms with Crippen molar-refractivity contribution in [1.29, 1.82) is 0 Å². The predicted molar refractivity (Wildman–Crippen MR) is 76.4 cm³/mol. The van der Waals surface area contributed by atoms with Gasteiger partial charge in [-0.2, -0.15) is 11.8 Å². The van der Waals surface area contributed by atoms with Crippen LogP contribution in [-0.2, 0) is 11.5 Å². The van der Waals surface area contributed by atoms with Gasteiger partial charge in [0.25, 0.3) is 0 Å². The topological polar surface area (TPSA) is 51.8 Å². The SMILES string of the molecule is Cc1ccc(-c2nc(N)c3c(n2)CSC3)c(C)c1. The molecular weight excluding hydrogens is 242 g/mol. The normalized spacial score (nSPS) is 13.7. The molecule has 0 saturated carbocycles. The molecule has 1 aliphatic heterocycles. The number of thioether (sulfide) groups is 1. The van der Waals surface area contributed by atoms with E-state index in [0.717, 1.165) is 34.2 Å². The van der Waals surface area contributed by atoms with Crippen molar-refractivity contribution in [3.8, 4) is 11.4 Å². The Labute approximate surface area is 111 Å². The number of rotatable bonds is 1. The number of aryl methyl sites for hydroxylation is 2. The van der Waals surface area contributed by atoms with Crippen LogP contribution in [0.3, 0.4) is 0 Å². The van der Waals surface area contributed by atoms with Gasteiger partial charge in [0.1, 0.15) is 5.82 Å². The minimum Gasteiger partial charge on any atom is -0.383 e. The van der Waals surface area contributed by atoms with Gasteiger partial charge < -0.3 is 5.73 Å². The molecule has 2 heterocycles. The van der Waals surface area contributed by atoms with Crippen molar-refractivity contribution in [3.63, 3.8) is 0 Å². The van der Waals surface area contributed by atoms with Crippen LogP contribution in [0.4, 0.5) is 5.82 Å². The molecule has 0 saturated heterocycles. The minimum atomic E-state index is 0.639. The molecule has 0 bridgehead atoms. The van der Waals surface area contributed by atoms with Crippen LogP contribution in [0.25, 0.3) is 11.4 Å². The monoisotopic (exact) mass is 257 g/mol. The first kappa shape index (κ1) is 11.5. The van der Waals surface area contributed by atoms with Crippen LogP contribution in [0.5, 0.6) is 0 Å². The molecule has 2 N–H and O–H groups in total. The zero-order chi connectivity index (χ0) is 12.7. The zero-order valence-corrected chi connectivity index (χ0v) is 11.3. The number of nitrogens with two attached hydrogens (primary N) is 1. The number of nitrogens with zero attached hydrogens (tertiary/aromatic N) is 2. The molecule has 0 spiro atoms. The average molecular weight is 257 g/mol. The second-order valence-corrected chi connectivity index (χ2v) is 5.65. The lowest BCUT2D eigenvalue weighted by Gasteiger charge is -2.09. The molecule has 1 aromatic carbocycles. The summed E-state index contributed by atoms with van der Waals surface area (Å²) in [4.78, 5) is 9.12. The Morgan fingerprint density at radius 3 is 2.78 bits per heavy atom. The molecule has 0 amide bonds. The maximum Gasteiger partial charge on any atom is 0.162 e. The van der Waals surface area contributed by atoms with Gasteiger partial charge >= 0.3 is 0 Å². The highest BCUT2D eigenvalue weighted by molar-refractivity contribution is 7.98. The zero-order valence-electron chi connectivity index (χ0n) is 10.5. The molecule has 0 aliphatic carbocycles. The fraction of sp³-hybridized carbons (Fsp3) is 0.286. The number of benzene rings is 1. The lowest BCUT2D eigenvalue weighted by molar-refractivity contribution is 1.08. The van der Waals surface area contributed by atoms with Gasteiger partial charge in [-0.25, -0.2) is 9.97 Å². The third-order valence-corrected chi connectivity index (χ3v) is 4.20. The minimum absolute atomic E-state index is 0.639. The Kier molecular flexibility index (Phi) is 2.74. The maximum absolute atomic E-state index is 6.03. The van der Waals surface area contributed by atoms with Crippen molar-refractivity contribution in [2.75, 3.05) is 5.73 Å². The first-order valence-electron chi connectivity index (χ1n) is 5.96. The number of hydrogen-bond donors (Lipinski definition) is 1. The van der Waals surface area contributed by atoms with Crippen LogP contribution >= 0.6 is 11.8 Å². The number of anilines is 1. The van der Waals surface area contributed by atoms with Crippen LogP contribution < -0.4 is 5.73 Å². The van der Waals surface area contributed by atoms with Crippen LogP contribution in [-0.4, -0.2) is 9.97 Å². The van der Waals surface area contributed by atoms with Crippen molar-refractivity contribution >= 4 is 17.6 Å². The van der Waals surface area contributed by atoms with Crippen molar-refractivity contribution in [2.45, 2.75) is 25.4 Å². The van der Waals surface area contributed by atoms with Gasteiger partial charge in [0, 0.05) is 22.6 Å². The largest absolute Gasteiger partial charge is 0.383 e. The third kappa shape index (κ3) is 1.86. The summed E-state index contributed by atoms with van der Waals surface area (Å²) in [5.41, 5.74) is 11.8. The molecule has 4 heteroatoms. The number of aromatic nitrogens is 2. The van der Waals surface area contributed by atoms with E-state index in [-0.39, 0.29) is 0 Å². The lowest BCUT2D eigenvalue weighted by Crippen LogP contribution is -2.03. The van der Waals surface area contributed by atoms with Gasteiger partial charge in [0.15, 0.2) is 5.82 Å². The Balaban J connectivity index is 2.15. The highest BCUT2D eigenvalue weighted by Crippen LogP contribution is 2.33. The molecule has 0 atom stereocenters. The summed E-state index contributed by atoms with van der Waals surface area (Å²) < 4.78 is 0. The quantitative estimate of drug-likeness (QED) is 0.853. The van der Waals surface area contributed by atoms with Crippen LogP contribution in [0, 0.1) is 13.8 Å². The van der Waals surface area contributed by atoms with E-state index in [2.05, 4.69) is 42.0 Å². The Morgan fingerprint density at radius 1 is 1.17 bits per heavy atom. The van der Waals surface area contributed by atoms with Crippen molar-refractivity contribution < 1.29 is 0 Å². The Morgan fingerprint density at radius 2 is 2.00 bits per heavy atom. The van der Waals surface area contributed by atoms with Gasteiger partial charge in [-0.3, -0.25) is 0 Å². The predicted octanol–water partition coefficient (Wildman–Crippen LogP) is 3.09. The average Bonchev–Trinajstić information content (AvgIpc) is 2.77. The summed E-state index contributed by atoms with van der Waals surface area (Å²) >= 11 is 1.85. The standard InChI is InChI=1S/C14H15N3S/c1-8-3-4-10(9(2)5-8)14-16-12-7-18-6-11(12)13(15)17-14/h3-5H,6-7H2,1-2H3,(H2,15,16,17). The van der Waals surface area contributed by atoms with Crippen LogP contribution in [0.15, 0.2) is 18.2 Å². The molecule has 3 nitrogen and oxygen atoms in total. The summed E-state index contributed by atoms with van der Waals surface area (Å²) in [6.07, 6.45) is 0. The number of fused-ring (bicyclic) bond motifs is 1. The van der Waals surface area contributed by atoms with Gasteiger partial charge in [0.2, 0.25) is 0 Å². The summed E-state index contributed by atoms with van der Waals surface area (Å²) in [5.74, 6) is 3.28. The van der Waals surface area contributed by atoms with Gasteiger partial charge in [-0.05, 0) is 19.4 Å². The molecule has 0 unspecified atom stereocenters. The molecule has 1 aliphatic rings. The Bertz CT molecular complexity index is 623. The molecule has 92 valence electrons. The van der Waals surface area contributed by atoms with Crippen LogP contribution in [0.1, 0.15) is 22.4 Å². The fourth-order valence-corrected chi connectivity index (χ4v) is 3.31. The smallest absolute Gasteiger partial charge is 0.162 e. The molecule has 3 rings (SSSR count). The summed E-state index contributed by atoms with van der Waals surface area (Å²) in [7, 11) is 0. The number of nitrogen functional groups attached to an aromatic ring is 1. The molecular formula is C14H15N3S. The van der Waals surface area contributed by atoms with E-state index in [4.69, 9.17) is 5.73 Å². The first-order valence-corrected chi connectivity index (χ1v) is 7.11. The van der Waals surface area contributed by atoms with Crippen molar-refractivity contribution in [3.05, 3.63) is 40.6 Å². The van der Waals surface area contributed by atoms with E-state index in [0.29, 0.717) is 5.82 Å². The van der Waals surface area contributed by atoms with E-state index in [1.807, 2.05) is 11.8 Å². The third-order valence-electron chi connectivity index (χ3n) is 3.23. The fourth-order valence-electron chi connectivity index (χ4n) is 2.26. The van der Waals surface area contributed by atoms with Crippen LogP contribution in [0.2, 0.25) is 0 Å².